The van der Waals surface area contributed by atoms with Gasteiger partial charge in [-0.2, -0.15) is 18.2 Å². The van der Waals surface area contributed by atoms with Crippen molar-refractivity contribution >= 4 is 17.5 Å². The molecule has 1 N–H and O–H groups in total. The van der Waals surface area contributed by atoms with Crippen LogP contribution >= 0.6 is 11.6 Å². The highest BCUT2D eigenvalue weighted by Crippen LogP contribution is 2.39. The molecule has 1 aliphatic carbocycles. The Kier molecular flexibility index (Phi) is 8.87. The number of alkyl halides is 3. The van der Waals surface area contributed by atoms with Crippen molar-refractivity contribution in [1.29, 1.82) is 0 Å². The van der Waals surface area contributed by atoms with E-state index >= 15 is 0 Å². The number of ether oxygens (including phenoxy) is 1. The van der Waals surface area contributed by atoms with Crippen LogP contribution in [0.3, 0.4) is 0 Å². The first kappa shape index (κ1) is 29.6. The first-order valence-corrected chi connectivity index (χ1v) is 13.6. The number of carbonyl (C=O) groups is 1. The monoisotopic (exact) mass is 576 g/mol. The Balaban J connectivity index is 1.53. The molecular formula is C29H32ClF3N4O3. The average Bonchev–Trinajstić information content (AvgIpc) is 2.92. The van der Waals surface area contributed by atoms with E-state index in [4.69, 9.17) is 16.3 Å². The van der Waals surface area contributed by atoms with Crippen LogP contribution in [-0.2, 0) is 11.3 Å². The second kappa shape index (κ2) is 12.0. The van der Waals surface area contributed by atoms with Crippen molar-refractivity contribution < 1.29 is 22.7 Å². The second-order valence-corrected chi connectivity index (χ2v) is 11.2. The zero-order valence-corrected chi connectivity index (χ0v) is 23.4. The van der Waals surface area contributed by atoms with Gasteiger partial charge in [0, 0.05) is 24.7 Å². The van der Waals surface area contributed by atoms with Crippen molar-refractivity contribution in [2.24, 2.45) is 11.3 Å². The standard InChI is InChI=1S/C29H32ClF3N4O3/c1-28(2,29(31,32)33)26(38)37(3)16-19-9-14-23(30)22(15-19)25-34-24(35-27(39)36-25)20-10-12-21(13-11-20)40-17-18-7-5-4-6-8-18/h9-15,18H,4-8,16-17H2,1-3H3,(H,34,35,36,39). The van der Waals surface area contributed by atoms with Gasteiger partial charge in [0.15, 0.2) is 5.82 Å². The highest BCUT2D eigenvalue weighted by Gasteiger charge is 2.53. The second-order valence-electron chi connectivity index (χ2n) is 10.8. The molecule has 214 valence electrons. The van der Waals surface area contributed by atoms with E-state index in [1.54, 1.807) is 24.3 Å². The van der Waals surface area contributed by atoms with E-state index in [-0.39, 0.29) is 23.2 Å². The molecule has 0 saturated heterocycles. The van der Waals surface area contributed by atoms with Gasteiger partial charge in [-0.15, -0.1) is 0 Å². The number of nitrogens with one attached hydrogen (secondary N) is 1. The maximum Gasteiger partial charge on any atom is 0.402 e. The van der Waals surface area contributed by atoms with E-state index in [2.05, 4.69) is 15.0 Å². The van der Waals surface area contributed by atoms with Crippen LogP contribution in [0, 0.1) is 11.3 Å². The molecule has 1 aliphatic rings. The fraction of sp³-hybridized carbons (Fsp3) is 0.448. The lowest BCUT2D eigenvalue weighted by Gasteiger charge is -2.31. The number of benzene rings is 2. The normalized spacial score (nSPS) is 14.7. The van der Waals surface area contributed by atoms with Crippen LogP contribution < -0.4 is 10.4 Å². The molecule has 1 aromatic heterocycles. The molecule has 1 saturated carbocycles. The van der Waals surface area contributed by atoms with Crippen LogP contribution in [0.1, 0.15) is 51.5 Å². The van der Waals surface area contributed by atoms with E-state index in [1.807, 2.05) is 12.1 Å². The molecule has 0 unspecified atom stereocenters. The van der Waals surface area contributed by atoms with Crippen molar-refractivity contribution in [2.45, 2.75) is 58.7 Å². The summed E-state index contributed by atoms with van der Waals surface area (Å²) in [4.78, 5) is 37.0. The SMILES string of the molecule is CN(Cc1ccc(Cl)c(-c2nc(-c3ccc(OCC4CCCCC4)cc3)nc(=O)[nH]2)c1)C(=O)C(C)(C)C(F)(F)F. The van der Waals surface area contributed by atoms with Crippen LogP contribution in [0.5, 0.6) is 5.75 Å². The summed E-state index contributed by atoms with van der Waals surface area (Å²) in [6.45, 7) is 2.27. The molecular weight excluding hydrogens is 545 g/mol. The molecule has 0 radical (unpaired) electrons. The minimum atomic E-state index is -4.69. The molecule has 0 atom stereocenters. The van der Waals surface area contributed by atoms with Crippen molar-refractivity contribution in [3.63, 3.8) is 0 Å². The summed E-state index contributed by atoms with van der Waals surface area (Å²) in [7, 11) is 1.30. The Morgan fingerprint density at radius 2 is 1.75 bits per heavy atom. The summed E-state index contributed by atoms with van der Waals surface area (Å²) in [5, 5.41) is 0.264. The Morgan fingerprint density at radius 1 is 1.07 bits per heavy atom. The van der Waals surface area contributed by atoms with Gasteiger partial charge < -0.3 is 9.64 Å². The number of aromatic amines is 1. The molecule has 7 nitrogen and oxygen atoms in total. The van der Waals surface area contributed by atoms with Crippen molar-refractivity contribution in [1.82, 2.24) is 19.9 Å². The molecule has 1 amide bonds. The number of aromatic nitrogens is 3. The summed E-state index contributed by atoms with van der Waals surface area (Å²) in [6, 6.07) is 11.9. The zero-order valence-electron chi connectivity index (χ0n) is 22.6. The van der Waals surface area contributed by atoms with Gasteiger partial charge in [-0.3, -0.25) is 9.78 Å². The highest BCUT2D eigenvalue weighted by molar-refractivity contribution is 6.33. The van der Waals surface area contributed by atoms with Crippen molar-refractivity contribution in [3.8, 4) is 28.5 Å². The van der Waals surface area contributed by atoms with Gasteiger partial charge in [0.25, 0.3) is 0 Å². The van der Waals surface area contributed by atoms with Crippen LogP contribution in [-0.4, -0.2) is 45.6 Å². The predicted octanol–water partition coefficient (Wildman–Crippen LogP) is 6.66. The van der Waals surface area contributed by atoms with Crippen LogP contribution in [0.2, 0.25) is 5.02 Å². The Morgan fingerprint density at radius 3 is 2.40 bits per heavy atom. The predicted molar refractivity (Wildman–Crippen MR) is 147 cm³/mol. The average molecular weight is 577 g/mol. The maximum atomic E-state index is 13.4. The fourth-order valence-electron chi connectivity index (χ4n) is 4.71. The molecule has 4 rings (SSSR count). The summed E-state index contributed by atoms with van der Waals surface area (Å²) in [5.41, 5.74) is -1.72. The molecule has 0 aliphatic heterocycles. The number of hydrogen-bond acceptors (Lipinski definition) is 5. The quantitative estimate of drug-likeness (QED) is 0.324. The number of H-pyrrole nitrogens is 1. The van der Waals surface area contributed by atoms with Crippen molar-refractivity contribution in [3.05, 3.63) is 63.5 Å². The van der Waals surface area contributed by atoms with E-state index < -0.39 is 23.2 Å². The lowest BCUT2D eigenvalue weighted by molar-refractivity contribution is -0.216. The van der Waals surface area contributed by atoms with Gasteiger partial charge in [-0.05, 0) is 74.6 Å². The van der Waals surface area contributed by atoms with Crippen LogP contribution in [0.25, 0.3) is 22.8 Å². The summed E-state index contributed by atoms with van der Waals surface area (Å²) < 4.78 is 46.0. The highest BCUT2D eigenvalue weighted by atomic mass is 35.5. The van der Waals surface area contributed by atoms with E-state index in [0.717, 1.165) is 24.5 Å². The summed E-state index contributed by atoms with van der Waals surface area (Å²) >= 11 is 6.40. The van der Waals surface area contributed by atoms with Gasteiger partial charge in [0.2, 0.25) is 5.91 Å². The van der Waals surface area contributed by atoms with Crippen LogP contribution in [0.15, 0.2) is 47.3 Å². The van der Waals surface area contributed by atoms with Gasteiger partial charge in [0.05, 0.1) is 11.6 Å². The third-order valence-corrected chi connectivity index (χ3v) is 7.60. The van der Waals surface area contributed by atoms with E-state index in [1.165, 1.54) is 45.2 Å². The van der Waals surface area contributed by atoms with Crippen LogP contribution in [0.4, 0.5) is 13.2 Å². The number of nitrogens with zero attached hydrogens (tertiary/aromatic N) is 3. The minimum absolute atomic E-state index is 0.104. The summed E-state index contributed by atoms with van der Waals surface area (Å²) in [5.74, 6) is 0.548. The molecule has 3 aromatic rings. The molecule has 0 spiro atoms. The Bertz CT molecular complexity index is 1400. The number of halogens is 4. The van der Waals surface area contributed by atoms with Gasteiger partial charge in [-0.1, -0.05) is 36.9 Å². The van der Waals surface area contributed by atoms with Crippen molar-refractivity contribution in [2.75, 3.05) is 13.7 Å². The van der Waals surface area contributed by atoms with Gasteiger partial charge in [-0.25, -0.2) is 9.78 Å². The smallest absolute Gasteiger partial charge is 0.402 e. The number of carbonyl (C=O) groups excluding carboxylic acids is 1. The molecule has 40 heavy (non-hydrogen) atoms. The number of hydrogen-bond donors (Lipinski definition) is 1. The first-order chi connectivity index (χ1) is 18.8. The molecule has 1 heterocycles. The molecule has 1 fully saturated rings. The lowest BCUT2D eigenvalue weighted by Crippen LogP contribution is -2.47. The fourth-order valence-corrected chi connectivity index (χ4v) is 4.91. The lowest BCUT2D eigenvalue weighted by atomic mass is 9.90. The molecule has 0 bridgehead atoms. The minimum Gasteiger partial charge on any atom is -0.493 e. The largest absolute Gasteiger partial charge is 0.493 e. The third-order valence-electron chi connectivity index (χ3n) is 7.27. The van der Waals surface area contributed by atoms with E-state index in [9.17, 15) is 22.8 Å². The topological polar surface area (TPSA) is 88.2 Å². The maximum absolute atomic E-state index is 13.4. The van der Waals surface area contributed by atoms with E-state index in [0.29, 0.717) is 29.2 Å². The van der Waals surface area contributed by atoms with Gasteiger partial charge >= 0.3 is 11.9 Å². The molecule has 11 heteroatoms. The zero-order chi connectivity index (χ0) is 29.1. The Labute approximate surface area is 235 Å². The van der Waals surface area contributed by atoms with Gasteiger partial charge in [0.1, 0.15) is 17.0 Å². The molecule has 2 aromatic carbocycles. The first-order valence-electron chi connectivity index (χ1n) is 13.2. The Hall–Kier alpha value is -3.40. The summed E-state index contributed by atoms with van der Waals surface area (Å²) in [6.07, 6.45) is 1.45. The third kappa shape index (κ3) is 6.83. The number of amides is 1. The number of rotatable bonds is 8.